The maximum Gasteiger partial charge on any atom is 0.224 e. The van der Waals surface area contributed by atoms with Gasteiger partial charge in [-0.05, 0) is 29.2 Å². The molecule has 2 heterocycles. The number of rotatable bonds is 6. The van der Waals surface area contributed by atoms with Gasteiger partial charge in [-0.25, -0.2) is 0 Å². The number of carbonyl (C=O) groups is 1. The van der Waals surface area contributed by atoms with Gasteiger partial charge in [-0.15, -0.1) is 0 Å². The number of nitrogens with zero attached hydrogens (tertiary/aromatic N) is 2. The Hall–Kier alpha value is -2.24. The smallest absolute Gasteiger partial charge is 0.224 e. The SMILES string of the molecule is O=C(Cc1cccnc1)NCC(O)CN1CCc2ccccc2C1. The van der Waals surface area contributed by atoms with Gasteiger partial charge in [-0.1, -0.05) is 30.3 Å². The third-order valence-corrected chi connectivity index (χ3v) is 4.30. The molecule has 2 aromatic rings. The molecule has 1 aliphatic heterocycles. The van der Waals surface area contributed by atoms with Gasteiger partial charge in [-0.2, -0.15) is 0 Å². The zero-order chi connectivity index (χ0) is 16.8. The first kappa shape index (κ1) is 16.6. The molecule has 126 valence electrons. The Morgan fingerprint density at radius 2 is 2.08 bits per heavy atom. The third kappa shape index (κ3) is 4.63. The second-order valence-corrected chi connectivity index (χ2v) is 6.25. The summed E-state index contributed by atoms with van der Waals surface area (Å²) in [6.45, 7) is 2.65. The second-order valence-electron chi connectivity index (χ2n) is 6.25. The lowest BCUT2D eigenvalue weighted by atomic mass is 10.00. The normalized spacial score (nSPS) is 15.5. The number of pyridine rings is 1. The number of aliphatic hydroxyl groups is 1. The highest BCUT2D eigenvalue weighted by molar-refractivity contribution is 5.78. The van der Waals surface area contributed by atoms with Crippen LogP contribution in [0.3, 0.4) is 0 Å². The van der Waals surface area contributed by atoms with Crippen LogP contribution in [0.1, 0.15) is 16.7 Å². The maximum atomic E-state index is 11.9. The number of carbonyl (C=O) groups excluding carboxylic acids is 1. The van der Waals surface area contributed by atoms with Gasteiger partial charge in [0.05, 0.1) is 12.5 Å². The fourth-order valence-corrected chi connectivity index (χ4v) is 3.05. The minimum atomic E-state index is -0.562. The first-order valence-corrected chi connectivity index (χ1v) is 8.33. The quantitative estimate of drug-likeness (QED) is 0.836. The number of β-amino-alcohol motifs (C(OH)–C–C–N with tert-alkyl or cyclic N) is 1. The van der Waals surface area contributed by atoms with Gasteiger partial charge in [0, 0.05) is 38.6 Å². The molecule has 1 unspecified atom stereocenters. The Labute approximate surface area is 142 Å². The van der Waals surface area contributed by atoms with Crippen molar-refractivity contribution in [1.82, 2.24) is 15.2 Å². The number of amides is 1. The van der Waals surface area contributed by atoms with E-state index in [0.29, 0.717) is 6.54 Å². The van der Waals surface area contributed by atoms with E-state index in [4.69, 9.17) is 0 Å². The highest BCUT2D eigenvalue weighted by Crippen LogP contribution is 2.18. The molecule has 1 aromatic carbocycles. The van der Waals surface area contributed by atoms with Crippen LogP contribution in [0.5, 0.6) is 0 Å². The number of benzene rings is 1. The Morgan fingerprint density at radius 1 is 1.25 bits per heavy atom. The second kappa shape index (κ2) is 8.04. The Balaban J connectivity index is 1.41. The highest BCUT2D eigenvalue weighted by Gasteiger charge is 2.18. The van der Waals surface area contributed by atoms with Crippen molar-refractivity contribution < 1.29 is 9.90 Å². The van der Waals surface area contributed by atoms with Crippen molar-refractivity contribution in [2.45, 2.75) is 25.5 Å². The molecule has 24 heavy (non-hydrogen) atoms. The minimum absolute atomic E-state index is 0.0916. The van der Waals surface area contributed by atoms with E-state index in [2.05, 4.69) is 39.5 Å². The molecule has 0 saturated carbocycles. The molecule has 0 spiro atoms. The van der Waals surface area contributed by atoms with Crippen molar-refractivity contribution in [2.75, 3.05) is 19.6 Å². The van der Waals surface area contributed by atoms with E-state index in [9.17, 15) is 9.90 Å². The molecule has 1 aromatic heterocycles. The van der Waals surface area contributed by atoms with E-state index < -0.39 is 6.10 Å². The van der Waals surface area contributed by atoms with Crippen molar-refractivity contribution in [3.8, 4) is 0 Å². The maximum absolute atomic E-state index is 11.9. The molecule has 1 atom stereocenters. The summed E-state index contributed by atoms with van der Waals surface area (Å²) >= 11 is 0. The van der Waals surface area contributed by atoms with E-state index in [0.717, 1.165) is 25.1 Å². The van der Waals surface area contributed by atoms with Gasteiger partial charge < -0.3 is 10.4 Å². The van der Waals surface area contributed by atoms with Crippen molar-refractivity contribution in [3.05, 3.63) is 65.5 Å². The fraction of sp³-hybridized carbons (Fsp3) is 0.368. The summed E-state index contributed by atoms with van der Waals surface area (Å²) in [7, 11) is 0. The number of hydrogen-bond donors (Lipinski definition) is 2. The molecule has 1 aliphatic rings. The van der Waals surface area contributed by atoms with Crippen LogP contribution in [0.15, 0.2) is 48.8 Å². The number of aromatic nitrogens is 1. The van der Waals surface area contributed by atoms with Crippen LogP contribution in [0.2, 0.25) is 0 Å². The topological polar surface area (TPSA) is 65.5 Å². The zero-order valence-electron chi connectivity index (χ0n) is 13.7. The lowest BCUT2D eigenvalue weighted by Gasteiger charge is -2.30. The third-order valence-electron chi connectivity index (χ3n) is 4.30. The highest BCUT2D eigenvalue weighted by atomic mass is 16.3. The molecule has 0 fully saturated rings. The van der Waals surface area contributed by atoms with Crippen LogP contribution >= 0.6 is 0 Å². The van der Waals surface area contributed by atoms with Gasteiger partial charge in [0.25, 0.3) is 0 Å². The Morgan fingerprint density at radius 3 is 2.88 bits per heavy atom. The van der Waals surface area contributed by atoms with Crippen molar-refractivity contribution >= 4 is 5.91 Å². The lowest BCUT2D eigenvalue weighted by Crippen LogP contribution is -2.42. The van der Waals surface area contributed by atoms with Crippen LogP contribution in [-0.2, 0) is 24.2 Å². The fourth-order valence-electron chi connectivity index (χ4n) is 3.05. The molecule has 1 amide bonds. The average Bonchev–Trinajstić information content (AvgIpc) is 2.61. The summed E-state index contributed by atoms with van der Waals surface area (Å²) < 4.78 is 0. The predicted octanol–water partition coefficient (Wildman–Crippen LogP) is 1.16. The Kier molecular flexibility index (Phi) is 5.56. The first-order chi connectivity index (χ1) is 11.7. The van der Waals surface area contributed by atoms with Gasteiger partial charge in [0.15, 0.2) is 0 Å². The minimum Gasteiger partial charge on any atom is -0.390 e. The van der Waals surface area contributed by atoms with Crippen LogP contribution in [-0.4, -0.2) is 46.6 Å². The van der Waals surface area contributed by atoms with Crippen molar-refractivity contribution in [1.29, 1.82) is 0 Å². The van der Waals surface area contributed by atoms with Crippen LogP contribution in [0.4, 0.5) is 0 Å². The largest absolute Gasteiger partial charge is 0.390 e. The summed E-state index contributed by atoms with van der Waals surface area (Å²) in [4.78, 5) is 18.1. The summed E-state index contributed by atoms with van der Waals surface area (Å²) in [5.41, 5.74) is 3.60. The number of nitrogens with one attached hydrogen (secondary N) is 1. The Bertz CT molecular complexity index is 675. The molecule has 0 bridgehead atoms. The molecule has 0 radical (unpaired) electrons. The van der Waals surface area contributed by atoms with E-state index >= 15 is 0 Å². The lowest BCUT2D eigenvalue weighted by molar-refractivity contribution is -0.121. The number of fused-ring (bicyclic) bond motifs is 1. The molecule has 3 rings (SSSR count). The molecular weight excluding hydrogens is 302 g/mol. The van der Waals surface area contributed by atoms with Crippen LogP contribution in [0.25, 0.3) is 0 Å². The molecule has 0 aliphatic carbocycles. The van der Waals surface area contributed by atoms with E-state index in [-0.39, 0.29) is 18.9 Å². The number of hydrogen-bond acceptors (Lipinski definition) is 4. The van der Waals surface area contributed by atoms with Gasteiger partial charge in [0.2, 0.25) is 5.91 Å². The van der Waals surface area contributed by atoms with Gasteiger partial charge in [-0.3, -0.25) is 14.7 Å². The van der Waals surface area contributed by atoms with E-state index in [1.165, 1.54) is 11.1 Å². The summed E-state index contributed by atoms with van der Waals surface area (Å²) in [5, 5.41) is 13.0. The van der Waals surface area contributed by atoms with E-state index in [1.807, 2.05) is 12.1 Å². The summed E-state index contributed by atoms with van der Waals surface area (Å²) in [5.74, 6) is -0.0916. The van der Waals surface area contributed by atoms with Crippen LogP contribution in [0, 0.1) is 0 Å². The monoisotopic (exact) mass is 325 g/mol. The molecule has 0 saturated heterocycles. The van der Waals surface area contributed by atoms with Gasteiger partial charge in [0.1, 0.15) is 0 Å². The molecule has 2 N–H and O–H groups in total. The first-order valence-electron chi connectivity index (χ1n) is 8.33. The molecule has 5 heteroatoms. The average molecular weight is 325 g/mol. The van der Waals surface area contributed by atoms with Crippen molar-refractivity contribution in [2.24, 2.45) is 0 Å². The zero-order valence-corrected chi connectivity index (χ0v) is 13.7. The summed E-state index contributed by atoms with van der Waals surface area (Å²) in [6.07, 6.45) is 4.10. The molecule has 5 nitrogen and oxygen atoms in total. The van der Waals surface area contributed by atoms with Crippen molar-refractivity contribution in [3.63, 3.8) is 0 Å². The van der Waals surface area contributed by atoms with Crippen LogP contribution < -0.4 is 5.32 Å². The standard InChI is InChI=1S/C19H23N3O2/c23-18(12-21-19(24)10-15-4-3-8-20-11-15)14-22-9-7-16-5-1-2-6-17(16)13-22/h1-6,8,11,18,23H,7,9-10,12-14H2,(H,21,24). The predicted molar refractivity (Wildman–Crippen MR) is 92.4 cm³/mol. The molecular formula is C19H23N3O2. The summed E-state index contributed by atoms with van der Waals surface area (Å²) in [6, 6.07) is 12.1. The number of aliphatic hydroxyl groups excluding tert-OH is 1. The van der Waals surface area contributed by atoms with Gasteiger partial charge >= 0.3 is 0 Å². The van der Waals surface area contributed by atoms with E-state index in [1.54, 1.807) is 12.4 Å².